The van der Waals surface area contributed by atoms with Crippen molar-refractivity contribution in [2.75, 3.05) is 13.1 Å². The van der Waals surface area contributed by atoms with Crippen LogP contribution in [0, 0.1) is 5.82 Å². The number of rotatable bonds is 2. The van der Waals surface area contributed by atoms with Crippen molar-refractivity contribution in [1.29, 1.82) is 0 Å². The molecule has 1 aliphatic rings. The van der Waals surface area contributed by atoms with Gasteiger partial charge in [0.05, 0.1) is 0 Å². The molecule has 1 nitrogen and oxygen atoms in total. The molecule has 0 unspecified atom stereocenters. The largest absolute Gasteiger partial charge is 0.358 e. The Morgan fingerprint density at radius 1 is 1.18 bits per heavy atom. The van der Waals surface area contributed by atoms with Crippen LogP contribution < -0.4 is 0 Å². The second-order valence-electron chi connectivity index (χ2n) is 4.23. The number of hydrogen-bond acceptors (Lipinski definition) is 2. The summed E-state index contributed by atoms with van der Waals surface area (Å²) in [5.74, 6) is 0.646. The first-order valence-corrected chi connectivity index (χ1v) is 7.31. The number of hydrogen-bond donors (Lipinski definition) is 0. The van der Waals surface area contributed by atoms with E-state index in [1.165, 1.54) is 31.4 Å². The Balaban J connectivity index is 1.81. The first-order valence-electron chi connectivity index (χ1n) is 5.92. The van der Waals surface area contributed by atoms with Gasteiger partial charge in [-0.3, -0.25) is 0 Å². The highest BCUT2D eigenvalue weighted by molar-refractivity contribution is 8.22. The van der Waals surface area contributed by atoms with Crippen LogP contribution in [0.3, 0.4) is 0 Å². The molecule has 0 aromatic heterocycles. The van der Waals surface area contributed by atoms with Gasteiger partial charge in [0.2, 0.25) is 0 Å². The zero-order chi connectivity index (χ0) is 12.1. The Kier molecular flexibility index (Phi) is 4.80. The van der Waals surface area contributed by atoms with E-state index in [-0.39, 0.29) is 5.82 Å². The van der Waals surface area contributed by atoms with Crippen molar-refractivity contribution in [1.82, 2.24) is 4.90 Å². The van der Waals surface area contributed by atoms with Crippen molar-refractivity contribution < 1.29 is 4.39 Å². The van der Waals surface area contributed by atoms with E-state index in [0.29, 0.717) is 0 Å². The van der Waals surface area contributed by atoms with E-state index in [2.05, 4.69) is 4.90 Å². The van der Waals surface area contributed by atoms with Crippen LogP contribution in [0.1, 0.15) is 24.8 Å². The summed E-state index contributed by atoms with van der Waals surface area (Å²) in [6, 6.07) is 6.64. The lowest BCUT2D eigenvalue weighted by atomic mass is 10.1. The van der Waals surface area contributed by atoms with Gasteiger partial charge in [0.1, 0.15) is 10.1 Å². The molecule has 0 spiro atoms. The summed E-state index contributed by atoms with van der Waals surface area (Å²) in [7, 11) is 0. The maximum Gasteiger partial charge on any atom is 0.136 e. The summed E-state index contributed by atoms with van der Waals surface area (Å²) in [4.78, 5) is 2.28. The quantitative estimate of drug-likeness (QED) is 0.751. The average Bonchev–Trinajstić information content (AvgIpc) is 2.39. The molecule has 1 fully saturated rings. The topological polar surface area (TPSA) is 3.24 Å². The third-order valence-corrected chi connectivity index (χ3v) is 4.48. The minimum absolute atomic E-state index is 0.183. The number of halogens is 1. The molecule has 0 N–H and O–H groups in total. The molecule has 0 bridgehead atoms. The van der Waals surface area contributed by atoms with Crippen LogP contribution in [0.5, 0.6) is 0 Å². The van der Waals surface area contributed by atoms with Crippen molar-refractivity contribution in [3.63, 3.8) is 0 Å². The lowest BCUT2D eigenvalue weighted by molar-refractivity contribution is 0.352. The van der Waals surface area contributed by atoms with Crippen LogP contribution in [0.2, 0.25) is 0 Å². The Labute approximate surface area is 111 Å². The van der Waals surface area contributed by atoms with Gasteiger partial charge in [0, 0.05) is 18.8 Å². The van der Waals surface area contributed by atoms with Crippen LogP contribution >= 0.6 is 24.0 Å². The molecule has 1 aliphatic heterocycles. The van der Waals surface area contributed by atoms with E-state index in [1.54, 1.807) is 11.8 Å². The van der Waals surface area contributed by atoms with Gasteiger partial charge in [0.15, 0.2) is 0 Å². The van der Waals surface area contributed by atoms with Gasteiger partial charge in [-0.05, 0) is 37.0 Å². The lowest BCUT2D eigenvalue weighted by Crippen LogP contribution is -2.32. The highest BCUT2D eigenvalue weighted by atomic mass is 32.2. The normalized spacial score (nSPS) is 15.9. The maximum atomic E-state index is 12.7. The van der Waals surface area contributed by atoms with E-state index in [4.69, 9.17) is 12.2 Å². The van der Waals surface area contributed by atoms with Crippen molar-refractivity contribution in [2.24, 2.45) is 0 Å². The van der Waals surface area contributed by atoms with E-state index in [1.807, 2.05) is 12.1 Å². The number of thioether (sulfide) groups is 1. The van der Waals surface area contributed by atoms with Crippen molar-refractivity contribution in [2.45, 2.75) is 25.0 Å². The highest BCUT2D eigenvalue weighted by Gasteiger charge is 2.13. The second-order valence-corrected chi connectivity index (χ2v) is 5.84. The van der Waals surface area contributed by atoms with Crippen LogP contribution in [0.15, 0.2) is 24.3 Å². The van der Waals surface area contributed by atoms with Crippen molar-refractivity contribution >= 4 is 28.3 Å². The number of nitrogens with zero attached hydrogens (tertiary/aromatic N) is 1. The Bertz CT molecular complexity index is 372. The highest BCUT2D eigenvalue weighted by Crippen LogP contribution is 2.20. The molecular formula is C13H16FNS2. The van der Waals surface area contributed by atoms with E-state index in [0.717, 1.165) is 28.7 Å². The summed E-state index contributed by atoms with van der Waals surface area (Å²) < 4.78 is 13.7. The van der Waals surface area contributed by atoms with Crippen molar-refractivity contribution in [3.8, 4) is 0 Å². The van der Waals surface area contributed by atoms with E-state index >= 15 is 0 Å². The summed E-state index contributed by atoms with van der Waals surface area (Å²) in [5.41, 5.74) is 1.12. The van der Waals surface area contributed by atoms with Crippen LogP contribution in [-0.4, -0.2) is 22.3 Å². The average molecular weight is 269 g/mol. The summed E-state index contributed by atoms with van der Waals surface area (Å²) in [6.45, 7) is 2.19. The summed E-state index contributed by atoms with van der Waals surface area (Å²) >= 11 is 7.09. The van der Waals surface area contributed by atoms with Crippen LogP contribution in [-0.2, 0) is 5.75 Å². The third-order valence-electron chi connectivity index (χ3n) is 2.89. The number of benzene rings is 1. The van der Waals surface area contributed by atoms with E-state index in [9.17, 15) is 4.39 Å². The fourth-order valence-electron chi connectivity index (χ4n) is 1.89. The molecule has 1 aromatic carbocycles. The summed E-state index contributed by atoms with van der Waals surface area (Å²) in [6.07, 6.45) is 3.82. The smallest absolute Gasteiger partial charge is 0.136 e. The molecule has 0 aliphatic carbocycles. The van der Waals surface area contributed by atoms with Gasteiger partial charge in [0.25, 0.3) is 0 Å². The fourth-order valence-corrected chi connectivity index (χ4v) is 3.10. The molecule has 0 radical (unpaired) electrons. The Hall–Kier alpha value is -0.610. The first-order chi connectivity index (χ1) is 8.25. The van der Waals surface area contributed by atoms with Gasteiger partial charge in [-0.15, -0.1) is 0 Å². The molecular weight excluding hydrogens is 253 g/mol. The number of likely N-dealkylation sites (tertiary alicyclic amines) is 1. The molecule has 0 saturated carbocycles. The van der Waals surface area contributed by atoms with Gasteiger partial charge in [-0.2, -0.15) is 0 Å². The number of piperidine rings is 1. The fraction of sp³-hybridized carbons (Fsp3) is 0.462. The molecule has 1 aromatic rings. The van der Waals surface area contributed by atoms with Crippen molar-refractivity contribution in [3.05, 3.63) is 35.6 Å². The second kappa shape index (κ2) is 6.36. The number of thiocarbonyl (C=S) groups is 1. The van der Waals surface area contributed by atoms with Gasteiger partial charge in [-0.1, -0.05) is 36.1 Å². The van der Waals surface area contributed by atoms with Gasteiger partial charge in [-0.25, -0.2) is 4.39 Å². The zero-order valence-electron chi connectivity index (χ0n) is 9.69. The molecule has 1 saturated heterocycles. The Morgan fingerprint density at radius 2 is 1.82 bits per heavy atom. The molecule has 1 heterocycles. The van der Waals surface area contributed by atoms with Crippen LogP contribution in [0.25, 0.3) is 0 Å². The molecule has 17 heavy (non-hydrogen) atoms. The van der Waals surface area contributed by atoms with Gasteiger partial charge < -0.3 is 4.90 Å². The molecule has 2 rings (SSSR count). The molecule has 92 valence electrons. The summed E-state index contributed by atoms with van der Waals surface area (Å²) in [5, 5.41) is 0. The molecule has 4 heteroatoms. The SMILES string of the molecule is Fc1ccc(CSC(=S)N2CCCCC2)cc1. The van der Waals surface area contributed by atoms with Crippen LogP contribution in [0.4, 0.5) is 4.39 Å². The molecule has 0 amide bonds. The standard InChI is InChI=1S/C13H16FNS2/c14-12-6-4-11(5-7-12)10-17-13(16)15-8-2-1-3-9-15/h4-7H,1-3,8-10H2. The maximum absolute atomic E-state index is 12.7. The minimum atomic E-state index is -0.183. The van der Waals surface area contributed by atoms with E-state index < -0.39 is 0 Å². The predicted molar refractivity (Wildman–Crippen MR) is 75.7 cm³/mol. The minimum Gasteiger partial charge on any atom is -0.358 e. The Morgan fingerprint density at radius 3 is 2.47 bits per heavy atom. The monoisotopic (exact) mass is 269 g/mol. The predicted octanol–water partition coefficient (Wildman–Crippen LogP) is 3.83. The third kappa shape index (κ3) is 3.96. The lowest BCUT2D eigenvalue weighted by Gasteiger charge is -2.28. The first kappa shape index (κ1) is 12.8. The van der Waals surface area contributed by atoms with Gasteiger partial charge >= 0.3 is 0 Å². The molecule has 0 atom stereocenters. The zero-order valence-corrected chi connectivity index (χ0v) is 11.3.